The standard InChI is InChI=1S/C23H30FN3O5/c1-4-11-25-23(32)22-21(14(2)3)19(10-9-17(28)12-18(29)13-20(30)31)27(26-22)16-7-5-15(24)6-8-16/h5-10,14,17-18,28-29H,4,11-13H2,1-3H3,(H,25,32)(H,30,31)/p-1/b10-9+/t17-,18-/m1/s1. The second-order valence-electron chi connectivity index (χ2n) is 7.84. The van der Waals surface area contributed by atoms with Crippen molar-refractivity contribution in [2.75, 3.05) is 6.54 Å². The number of amides is 1. The van der Waals surface area contributed by atoms with Crippen molar-refractivity contribution < 1.29 is 29.3 Å². The Morgan fingerprint density at radius 2 is 1.91 bits per heavy atom. The van der Waals surface area contributed by atoms with Gasteiger partial charge in [-0.25, -0.2) is 9.07 Å². The zero-order valence-electron chi connectivity index (χ0n) is 18.4. The fourth-order valence-electron chi connectivity index (χ4n) is 3.28. The lowest BCUT2D eigenvalue weighted by Crippen LogP contribution is -2.29. The number of halogens is 1. The summed E-state index contributed by atoms with van der Waals surface area (Å²) in [4.78, 5) is 23.4. The second-order valence-corrected chi connectivity index (χ2v) is 7.84. The fraction of sp³-hybridized carbons (Fsp3) is 0.435. The zero-order chi connectivity index (χ0) is 23.8. The Hall–Kier alpha value is -3.04. The van der Waals surface area contributed by atoms with E-state index in [1.807, 2.05) is 20.8 Å². The molecule has 0 aliphatic carbocycles. The van der Waals surface area contributed by atoms with Crippen LogP contribution in [0.1, 0.15) is 67.7 Å². The summed E-state index contributed by atoms with van der Waals surface area (Å²) < 4.78 is 14.9. The first-order valence-corrected chi connectivity index (χ1v) is 10.5. The van der Waals surface area contributed by atoms with E-state index >= 15 is 0 Å². The van der Waals surface area contributed by atoms with Crippen molar-refractivity contribution in [3.63, 3.8) is 0 Å². The van der Waals surface area contributed by atoms with E-state index in [-0.39, 0.29) is 23.9 Å². The van der Waals surface area contributed by atoms with Gasteiger partial charge in [0.1, 0.15) is 5.82 Å². The van der Waals surface area contributed by atoms with Gasteiger partial charge in [-0.2, -0.15) is 5.10 Å². The molecule has 0 bridgehead atoms. The number of benzene rings is 1. The van der Waals surface area contributed by atoms with E-state index in [2.05, 4.69) is 10.4 Å². The molecule has 0 saturated heterocycles. The maximum atomic E-state index is 13.4. The highest BCUT2D eigenvalue weighted by Gasteiger charge is 2.24. The molecule has 3 N–H and O–H groups in total. The third-order valence-electron chi connectivity index (χ3n) is 4.75. The summed E-state index contributed by atoms with van der Waals surface area (Å²) >= 11 is 0. The highest BCUT2D eigenvalue weighted by Crippen LogP contribution is 2.28. The molecule has 1 aromatic carbocycles. The van der Waals surface area contributed by atoms with Crippen molar-refractivity contribution in [1.82, 2.24) is 15.1 Å². The van der Waals surface area contributed by atoms with Crippen LogP contribution in [0.3, 0.4) is 0 Å². The number of aliphatic hydroxyl groups excluding tert-OH is 2. The van der Waals surface area contributed by atoms with Crippen LogP contribution in [-0.4, -0.2) is 50.6 Å². The summed E-state index contributed by atoms with van der Waals surface area (Å²) in [7, 11) is 0. The number of hydrogen-bond donors (Lipinski definition) is 3. The minimum atomic E-state index is -1.41. The molecule has 0 aliphatic heterocycles. The van der Waals surface area contributed by atoms with Crippen molar-refractivity contribution in [3.05, 3.63) is 53.1 Å². The molecule has 2 aromatic rings. The van der Waals surface area contributed by atoms with Gasteiger partial charge >= 0.3 is 0 Å². The quantitative estimate of drug-likeness (QED) is 0.480. The molecule has 2 atom stereocenters. The van der Waals surface area contributed by atoms with Crippen molar-refractivity contribution in [2.24, 2.45) is 0 Å². The summed E-state index contributed by atoms with van der Waals surface area (Å²) in [6.07, 6.45) is 0.537. The van der Waals surface area contributed by atoms with Gasteiger partial charge in [0.2, 0.25) is 0 Å². The normalized spacial score (nSPS) is 13.5. The van der Waals surface area contributed by atoms with Gasteiger partial charge in [-0.15, -0.1) is 0 Å². The zero-order valence-corrected chi connectivity index (χ0v) is 18.4. The molecule has 1 amide bonds. The molecule has 1 heterocycles. The van der Waals surface area contributed by atoms with Crippen molar-refractivity contribution in [1.29, 1.82) is 0 Å². The van der Waals surface area contributed by atoms with Crippen LogP contribution in [0, 0.1) is 5.82 Å². The minimum Gasteiger partial charge on any atom is -0.550 e. The molecule has 0 saturated carbocycles. The Kier molecular flexibility index (Phi) is 9.10. The van der Waals surface area contributed by atoms with Gasteiger partial charge in [-0.05, 0) is 42.7 Å². The molecule has 2 rings (SSSR count). The molecule has 32 heavy (non-hydrogen) atoms. The number of hydrogen-bond acceptors (Lipinski definition) is 6. The van der Waals surface area contributed by atoms with E-state index in [1.165, 1.54) is 35.0 Å². The molecule has 0 fully saturated rings. The summed E-state index contributed by atoms with van der Waals surface area (Å²) in [5, 5.41) is 37.9. The van der Waals surface area contributed by atoms with Gasteiger partial charge in [0, 0.05) is 30.9 Å². The first-order valence-electron chi connectivity index (χ1n) is 10.5. The van der Waals surface area contributed by atoms with E-state index in [0.717, 1.165) is 6.42 Å². The largest absolute Gasteiger partial charge is 0.550 e. The molecular formula is C23H29FN3O5-. The topological polar surface area (TPSA) is 128 Å². The Morgan fingerprint density at radius 1 is 1.25 bits per heavy atom. The smallest absolute Gasteiger partial charge is 0.272 e. The van der Waals surface area contributed by atoms with E-state index in [1.54, 1.807) is 6.08 Å². The van der Waals surface area contributed by atoms with E-state index < -0.39 is 30.4 Å². The maximum absolute atomic E-state index is 13.4. The van der Waals surface area contributed by atoms with Crippen LogP contribution in [0.25, 0.3) is 11.8 Å². The van der Waals surface area contributed by atoms with Crippen molar-refractivity contribution in [2.45, 2.75) is 58.2 Å². The molecule has 1 aromatic heterocycles. The fourth-order valence-corrected chi connectivity index (χ4v) is 3.28. The summed E-state index contributed by atoms with van der Waals surface area (Å²) in [5.41, 5.74) is 1.90. The lowest BCUT2D eigenvalue weighted by molar-refractivity contribution is -0.307. The maximum Gasteiger partial charge on any atom is 0.272 e. The van der Waals surface area contributed by atoms with E-state index in [4.69, 9.17) is 0 Å². The van der Waals surface area contributed by atoms with E-state index in [0.29, 0.717) is 23.5 Å². The lowest BCUT2D eigenvalue weighted by Gasteiger charge is -2.14. The minimum absolute atomic E-state index is 0.105. The van der Waals surface area contributed by atoms with Crippen LogP contribution in [0.4, 0.5) is 4.39 Å². The highest BCUT2D eigenvalue weighted by molar-refractivity contribution is 5.95. The number of carbonyl (C=O) groups excluding carboxylic acids is 2. The SMILES string of the molecule is CCCNC(=O)c1nn(-c2ccc(F)cc2)c(/C=C/[C@@H](O)C[C@@H](O)CC(=O)[O-])c1C(C)C. The number of aliphatic carboxylic acids is 1. The van der Waals surface area contributed by atoms with Crippen LogP contribution in [0.5, 0.6) is 0 Å². The molecule has 0 spiro atoms. The van der Waals surface area contributed by atoms with Gasteiger partial charge in [-0.3, -0.25) is 4.79 Å². The Balaban J connectivity index is 2.49. The summed E-state index contributed by atoms with van der Waals surface area (Å²) in [6, 6.07) is 5.61. The number of nitrogens with one attached hydrogen (secondary N) is 1. The molecule has 8 nitrogen and oxygen atoms in total. The molecule has 9 heteroatoms. The Morgan fingerprint density at radius 3 is 2.47 bits per heavy atom. The molecule has 0 unspecified atom stereocenters. The first kappa shape index (κ1) is 25.2. The molecule has 174 valence electrons. The Bertz CT molecular complexity index is 953. The van der Waals surface area contributed by atoms with Gasteiger partial charge in [0.25, 0.3) is 5.91 Å². The van der Waals surface area contributed by atoms with Crippen molar-refractivity contribution in [3.8, 4) is 5.69 Å². The number of aliphatic hydroxyl groups is 2. The molecule has 0 aliphatic rings. The second kappa shape index (κ2) is 11.5. The monoisotopic (exact) mass is 446 g/mol. The number of rotatable bonds is 11. The number of nitrogens with zero attached hydrogens (tertiary/aromatic N) is 2. The lowest BCUT2D eigenvalue weighted by atomic mass is 9.98. The highest BCUT2D eigenvalue weighted by atomic mass is 19.1. The molecule has 0 radical (unpaired) electrons. The van der Waals surface area contributed by atoms with Crippen LogP contribution in [-0.2, 0) is 4.79 Å². The predicted octanol–water partition coefficient (Wildman–Crippen LogP) is 1.54. The van der Waals surface area contributed by atoms with Gasteiger partial charge in [-0.1, -0.05) is 26.8 Å². The first-order chi connectivity index (χ1) is 15.1. The van der Waals surface area contributed by atoms with Gasteiger partial charge in [0.05, 0.1) is 23.6 Å². The Labute approximate surface area is 186 Å². The average molecular weight is 446 g/mol. The number of aromatic nitrogens is 2. The molecular weight excluding hydrogens is 417 g/mol. The number of carbonyl (C=O) groups is 2. The summed E-state index contributed by atoms with van der Waals surface area (Å²) in [6.45, 7) is 6.23. The van der Waals surface area contributed by atoms with Gasteiger partial charge < -0.3 is 25.4 Å². The third kappa shape index (κ3) is 6.73. The number of carboxylic acids is 1. The van der Waals surface area contributed by atoms with Crippen LogP contribution in [0.2, 0.25) is 0 Å². The van der Waals surface area contributed by atoms with Crippen LogP contribution < -0.4 is 10.4 Å². The van der Waals surface area contributed by atoms with Crippen LogP contribution in [0.15, 0.2) is 30.3 Å². The van der Waals surface area contributed by atoms with Crippen molar-refractivity contribution >= 4 is 18.0 Å². The summed E-state index contributed by atoms with van der Waals surface area (Å²) in [5.74, 6) is -2.27. The predicted molar refractivity (Wildman–Crippen MR) is 116 cm³/mol. The average Bonchev–Trinajstić information content (AvgIpc) is 3.10. The van der Waals surface area contributed by atoms with Crippen LogP contribution >= 0.6 is 0 Å². The third-order valence-corrected chi connectivity index (χ3v) is 4.75. The van der Waals surface area contributed by atoms with Gasteiger partial charge in [0.15, 0.2) is 5.69 Å². The number of carboxylic acid groups (broad SMARTS) is 1. The van der Waals surface area contributed by atoms with E-state index in [9.17, 15) is 29.3 Å².